The minimum absolute atomic E-state index is 0.00741. The van der Waals surface area contributed by atoms with Crippen LogP contribution < -0.4 is 5.32 Å². The van der Waals surface area contributed by atoms with Crippen LogP contribution in [-0.2, 0) is 21.2 Å². The molecule has 0 saturated heterocycles. The smallest absolute Gasteiger partial charge is 0.243 e. The maximum atomic E-state index is 12.8. The molecule has 0 fully saturated rings. The Labute approximate surface area is 186 Å². The zero-order chi connectivity index (χ0) is 22.9. The second-order valence-corrected chi connectivity index (χ2v) is 9.35. The lowest BCUT2D eigenvalue weighted by Crippen LogP contribution is -2.30. The van der Waals surface area contributed by atoms with E-state index in [1.54, 1.807) is 20.1 Å². The molecular formula is C24H24N2O5S. The van der Waals surface area contributed by atoms with Gasteiger partial charge in [0.05, 0.1) is 23.3 Å². The number of fused-ring (bicyclic) bond motifs is 3. The Kier molecular flexibility index (Phi) is 5.90. The van der Waals surface area contributed by atoms with E-state index in [0.29, 0.717) is 24.2 Å². The Morgan fingerprint density at radius 3 is 2.56 bits per heavy atom. The normalized spacial score (nSPS) is 12.0. The van der Waals surface area contributed by atoms with Crippen molar-refractivity contribution in [2.45, 2.75) is 25.2 Å². The van der Waals surface area contributed by atoms with Gasteiger partial charge in [0, 0.05) is 24.0 Å². The number of anilines is 1. The summed E-state index contributed by atoms with van der Waals surface area (Å²) in [5.74, 6) is -0.604. The van der Waals surface area contributed by atoms with E-state index >= 15 is 0 Å². The maximum Gasteiger partial charge on any atom is 0.243 e. The van der Waals surface area contributed by atoms with Crippen molar-refractivity contribution in [1.29, 1.82) is 0 Å². The SMILES string of the molecule is CCN(CC)S(=O)(=O)c1ccc(O)c(NC(=O)Cc2coc3ccc4ccccc4c23)c1. The number of hydrogen-bond acceptors (Lipinski definition) is 5. The van der Waals surface area contributed by atoms with Crippen LogP contribution in [0.2, 0.25) is 0 Å². The molecule has 0 bridgehead atoms. The number of carbonyl (C=O) groups excluding carboxylic acids is 1. The van der Waals surface area contributed by atoms with Crippen molar-refractivity contribution in [1.82, 2.24) is 4.31 Å². The minimum atomic E-state index is -3.72. The van der Waals surface area contributed by atoms with E-state index in [1.807, 2.05) is 36.4 Å². The van der Waals surface area contributed by atoms with E-state index in [0.717, 1.165) is 16.2 Å². The second kappa shape index (κ2) is 8.64. The molecule has 1 heterocycles. The van der Waals surface area contributed by atoms with E-state index < -0.39 is 15.9 Å². The third kappa shape index (κ3) is 3.94. The molecule has 3 aromatic carbocycles. The Hall–Kier alpha value is -3.36. The van der Waals surface area contributed by atoms with Gasteiger partial charge in [-0.15, -0.1) is 0 Å². The number of amides is 1. The summed E-state index contributed by atoms with van der Waals surface area (Å²) in [7, 11) is -3.72. The van der Waals surface area contributed by atoms with Crippen LogP contribution in [-0.4, -0.2) is 36.8 Å². The van der Waals surface area contributed by atoms with Gasteiger partial charge in [-0.3, -0.25) is 4.79 Å². The van der Waals surface area contributed by atoms with Crippen LogP contribution in [0.25, 0.3) is 21.7 Å². The molecule has 166 valence electrons. The van der Waals surface area contributed by atoms with Gasteiger partial charge in [0.15, 0.2) is 0 Å². The Morgan fingerprint density at radius 1 is 1.06 bits per heavy atom. The van der Waals surface area contributed by atoms with Crippen LogP contribution in [0.1, 0.15) is 19.4 Å². The molecule has 8 heteroatoms. The van der Waals surface area contributed by atoms with Crippen LogP contribution in [0.5, 0.6) is 5.75 Å². The molecule has 4 aromatic rings. The number of nitrogens with one attached hydrogen (secondary N) is 1. The van der Waals surface area contributed by atoms with Crippen molar-refractivity contribution < 1.29 is 22.7 Å². The average molecular weight is 453 g/mol. The molecule has 0 aliphatic heterocycles. The van der Waals surface area contributed by atoms with Crippen molar-refractivity contribution in [2.24, 2.45) is 0 Å². The molecule has 0 spiro atoms. The summed E-state index contributed by atoms with van der Waals surface area (Å²) in [4.78, 5) is 12.8. The van der Waals surface area contributed by atoms with Crippen molar-refractivity contribution >= 4 is 43.4 Å². The molecule has 0 radical (unpaired) electrons. The second-order valence-electron chi connectivity index (χ2n) is 7.41. The third-order valence-corrected chi connectivity index (χ3v) is 7.52. The van der Waals surface area contributed by atoms with E-state index in [9.17, 15) is 18.3 Å². The van der Waals surface area contributed by atoms with Crippen molar-refractivity contribution in [3.05, 3.63) is 66.4 Å². The molecule has 0 saturated carbocycles. The van der Waals surface area contributed by atoms with Gasteiger partial charge in [-0.2, -0.15) is 4.31 Å². The number of rotatable bonds is 7. The zero-order valence-electron chi connectivity index (χ0n) is 17.8. The summed E-state index contributed by atoms with van der Waals surface area (Å²) in [5.41, 5.74) is 1.43. The fourth-order valence-electron chi connectivity index (χ4n) is 3.86. The Balaban J connectivity index is 1.62. The minimum Gasteiger partial charge on any atom is -0.506 e. The summed E-state index contributed by atoms with van der Waals surface area (Å²) >= 11 is 0. The molecule has 0 unspecified atom stereocenters. The monoisotopic (exact) mass is 452 g/mol. The predicted molar refractivity (Wildman–Crippen MR) is 124 cm³/mol. The molecule has 0 aliphatic carbocycles. The first-order valence-electron chi connectivity index (χ1n) is 10.4. The van der Waals surface area contributed by atoms with Crippen molar-refractivity contribution in [2.75, 3.05) is 18.4 Å². The Bertz CT molecular complexity index is 1400. The van der Waals surface area contributed by atoms with Gasteiger partial charge in [-0.25, -0.2) is 8.42 Å². The predicted octanol–water partition coefficient (Wildman–Crippen LogP) is 4.50. The van der Waals surface area contributed by atoms with E-state index in [-0.39, 0.29) is 22.8 Å². The highest BCUT2D eigenvalue weighted by molar-refractivity contribution is 7.89. The van der Waals surface area contributed by atoms with Crippen LogP contribution in [0.15, 0.2) is 70.2 Å². The number of carbonyl (C=O) groups is 1. The summed E-state index contributed by atoms with van der Waals surface area (Å²) in [6.07, 6.45) is 1.56. The average Bonchev–Trinajstić information content (AvgIpc) is 3.19. The van der Waals surface area contributed by atoms with Crippen LogP contribution in [0.4, 0.5) is 5.69 Å². The molecule has 0 aliphatic rings. The molecule has 32 heavy (non-hydrogen) atoms. The number of phenols is 1. The van der Waals surface area contributed by atoms with E-state index in [2.05, 4.69) is 5.32 Å². The van der Waals surface area contributed by atoms with Crippen molar-refractivity contribution in [3.63, 3.8) is 0 Å². The molecule has 0 atom stereocenters. The van der Waals surface area contributed by atoms with Gasteiger partial charge in [0.2, 0.25) is 15.9 Å². The van der Waals surface area contributed by atoms with E-state index in [4.69, 9.17) is 4.42 Å². The molecule has 1 amide bonds. The van der Waals surface area contributed by atoms with E-state index in [1.165, 1.54) is 22.5 Å². The number of phenolic OH excluding ortho intramolecular Hbond substituents is 1. The van der Waals surface area contributed by atoms with Gasteiger partial charge < -0.3 is 14.8 Å². The van der Waals surface area contributed by atoms with Gasteiger partial charge >= 0.3 is 0 Å². The first kappa shape index (κ1) is 21.9. The molecule has 2 N–H and O–H groups in total. The zero-order valence-corrected chi connectivity index (χ0v) is 18.6. The highest BCUT2D eigenvalue weighted by atomic mass is 32.2. The number of benzene rings is 3. The van der Waals surface area contributed by atoms with Gasteiger partial charge in [0.1, 0.15) is 11.3 Å². The lowest BCUT2D eigenvalue weighted by molar-refractivity contribution is -0.115. The topological polar surface area (TPSA) is 99.9 Å². The molecular weight excluding hydrogens is 428 g/mol. The quantitative estimate of drug-likeness (QED) is 0.402. The first-order valence-corrected chi connectivity index (χ1v) is 11.8. The first-order chi connectivity index (χ1) is 15.3. The standard InChI is InChI=1S/C24H24N2O5S/c1-3-26(4-2)32(29,30)18-10-11-21(27)20(14-18)25-23(28)13-17-15-31-22-12-9-16-7-5-6-8-19(16)24(17)22/h5-12,14-15,27H,3-4,13H2,1-2H3,(H,25,28). The van der Waals surface area contributed by atoms with Crippen molar-refractivity contribution in [3.8, 4) is 5.75 Å². The number of sulfonamides is 1. The molecule has 4 rings (SSSR count). The lowest BCUT2D eigenvalue weighted by atomic mass is 10.0. The largest absolute Gasteiger partial charge is 0.506 e. The maximum absolute atomic E-state index is 12.8. The number of hydrogen-bond donors (Lipinski definition) is 2. The van der Waals surface area contributed by atoms with Crippen LogP contribution in [0.3, 0.4) is 0 Å². The number of furan rings is 1. The summed E-state index contributed by atoms with van der Waals surface area (Å²) in [5, 5.41) is 15.7. The molecule has 7 nitrogen and oxygen atoms in total. The molecule has 1 aromatic heterocycles. The fraction of sp³-hybridized carbons (Fsp3) is 0.208. The summed E-state index contributed by atoms with van der Waals surface area (Å²) < 4.78 is 32.5. The van der Waals surface area contributed by atoms with Gasteiger partial charge in [0.25, 0.3) is 0 Å². The third-order valence-electron chi connectivity index (χ3n) is 5.48. The highest BCUT2D eigenvalue weighted by Crippen LogP contribution is 2.31. The van der Waals surface area contributed by atoms with Crippen LogP contribution >= 0.6 is 0 Å². The summed E-state index contributed by atoms with van der Waals surface area (Å²) in [6, 6.07) is 15.6. The number of aromatic hydroxyl groups is 1. The fourth-order valence-corrected chi connectivity index (χ4v) is 5.35. The van der Waals surface area contributed by atoms with Gasteiger partial charge in [-0.05, 0) is 35.0 Å². The number of nitrogens with zero attached hydrogens (tertiary/aromatic N) is 1. The summed E-state index contributed by atoms with van der Waals surface area (Å²) in [6.45, 7) is 4.15. The van der Waals surface area contributed by atoms with Crippen LogP contribution in [0, 0.1) is 0 Å². The Morgan fingerprint density at radius 2 is 1.81 bits per heavy atom. The van der Waals surface area contributed by atoms with Gasteiger partial charge in [-0.1, -0.05) is 44.2 Å². The highest BCUT2D eigenvalue weighted by Gasteiger charge is 2.23. The lowest BCUT2D eigenvalue weighted by Gasteiger charge is -2.19.